The lowest BCUT2D eigenvalue weighted by Crippen LogP contribution is -2.61. The van der Waals surface area contributed by atoms with E-state index in [9.17, 15) is 14.4 Å². The SMILES string of the molecule is COc1ccc(-n2nc3cc(C(=O)NC4(C(=O)Nc5ccc(C=CC(=O)O)cc5)CCC4)ccc3c2C2CCCCC2)cc1. The van der Waals surface area contributed by atoms with E-state index in [-0.39, 0.29) is 11.8 Å². The number of carbonyl (C=O) groups is 3. The number of benzene rings is 3. The molecule has 3 N–H and O–H groups in total. The zero-order valence-corrected chi connectivity index (χ0v) is 24.7. The Bertz CT molecular complexity index is 1710. The van der Waals surface area contributed by atoms with Crippen molar-refractivity contribution in [2.45, 2.75) is 62.8 Å². The molecule has 2 aliphatic carbocycles. The van der Waals surface area contributed by atoms with Crippen molar-refractivity contribution in [3.8, 4) is 11.4 Å². The number of aliphatic carboxylic acids is 1. The van der Waals surface area contributed by atoms with Crippen molar-refractivity contribution in [2.75, 3.05) is 12.4 Å². The number of hydrogen-bond donors (Lipinski definition) is 3. The number of amides is 2. The Hall–Kier alpha value is -4.92. The second kappa shape index (κ2) is 12.4. The Morgan fingerprint density at radius 1 is 0.955 bits per heavy atom. The van der Waals surface area contributed by atoms with E-state index in [1.54, 1.807) is 31.4 Å². The summed E-state index contributed by atoms with van der Waals surface area (Å²) >= 11 is 0. The van der Waals surface area contributed by atoms with Gasteiger partial charge in [-0.3, -0.25) is 9.59 Å². The second-order valence-corrected chi connectivity index (χ2v) is 11.7. The normalized spacial score (nSPS) is 16.4. The highest BCUT2D eigenvalue weighted by molar-refractivity contribution is 6.05. The minimum Gasteiger partial charge on any atom is -0.497 e. The van der Waals surface area contributed by atoms with Crippen molar-refractivity contribution in [3.63, 3.8) is 0 Å². The molecule has 2 amide bonds. The number of nitrogens with zero attached hydrogens (tertiary/aromatic N) is 2. The number of carboxylic acid groups (broad SMARTS) is 1. The van der Waals surface area contributed by atoms with Gasteiger partial charge in [-0.1, -0.05) is 37.5 Å². The van der Waals surface area contributed by atoms with Crippen LogP contribution in [-0.2, 0) is 9.59 Å². The summed E-state index contributed by atoms with van der Waals surface area (Å²) in [5.74, 6) is -0.439. The third kappa shape index (κ3) is 5.95. The van der Waals surface area contributed by atoms with E-state index in [1.807, 2.05) is 47.1 Å². The fraction of sp³-hybridized carbons (Fsp3) is 0.314. The molecule has 0 bridgehead atoms. The van der Waals surface area contributed by atoms with Gasteiger partial charge in [0.15, 0.2) is 0 Å². The van der Waals surface area contributed by atoms with Crippen LogP contribution >= 0.6 is 0 Å². The van der Waals surface area contributed by atoms with Gasteiger partial charge >= 0.3 is 5.97 Å². The molecule has 0 unspecified atom stereocenters. The summed E-state index contributed by atoms with van der Waals surface area (Å²) < 4.78 is 7.37. The van der Waals surface area contributed by atoms with Crippen molar-refractivity contribution in [1.82, 2.24) is 15.1 Å². The lowest BCUT2D eigenvalue weighted by molar-refractivity contribution is -0.131. The van der Waals surface area contributed by atoms with Crippen LogP contribution in [0.1, 0.15) is 78.9 Å². The third-order valence-corrected chi connectivity index (χ3v) is 8.86. The molecule has 6 rings (SSSR count). The van der Waals surface area contributed by atoms with E-state index in [0.29, 0.717) is 35.6 Å². The molecule has 0 spiro atoms. The first-order valence-electron chi connectivity index (χ1n) is 15.2. The molecule has 9 nitrogen and oxygen atoms in total. The number of ether oxygens (including phenoxy) is 1. The zero-order valence-electron chi connectivity index (χ0n) is 24.7. The number of hydrogen-bond acceptors (Lipinski definition) is 5. The van der Waals surface area contributed by atoms with Gasteiger partial charge in [-0.2, -0.15) is 5.10 Å². The van der Waals surface area contributed by atoms with Gasteiger partial charge < -0.3 is 20.5 Å². The van der Waals surface area contributed by atoms with Crippen LogP contribution in [0, 0.1) is 0 Å². The largest absolute Gasteiger partial charge is 0.497 e. The molecular formula is C35H36N4O5. The van der Waals surface area contributed by atoms with Crippen LogP contribution in [0.4, 0.5) is 5.69 Å². The van der Waals surface area contributed by atoms with E-state index in [0.717, 1.165) is 47.7 Å². The molecule has 9 heteroatoms. The summed E-state index contributed by atoms with van der Waals surface area (Å²) in [6.07, 6.45) is 10.3. The minimum absolute atomic E-state index is 0.268. The Labute approximate surface area is 255 Å². The maximum atomic E-state index is 13.6. The summed E-state index contributed by atoms with van der Waals surface area (Å²) in [7, 11) is 1.65. The molecule has 0 saturated heterocycles. The molecule has 44 heavy (non-hydrogen) atoms. The molecule has 226 valence electrons. The Kier molecular flexibility index (Phi) is 8.19. The molecule has 2 saturated carbocycles. The molecule has 1 aromatic heterocycles. The van der Waals surface area contributed by atoms with Crippen LogP contribution in [-0.4, -0.2) is 45.3 Å². The first kappa shape index (κ1) is 29.2. The van der Waals surface area contributed by atoms with Crippen LogP contribution in [0.2, 0.25) is 0 Å². The number of carboxylic acids is 1. The summed E-state index contributed by atoms with van der Waals surface area (Å²) in [6, 6.07) is 20.4. The number of nitrogens with one attached hydrogen (secondary N) is 2. The van der Waals surface area contributed by atoms with Gasteiger partial charge in [0.25, 0.3) is 5.91 Å². The van der Waals surface area contributed by atoms with Gasteiger partial charge in [-0.15, -0.1) is 0 Å². The fourth-order valence-electron chi connectivity index (χ4n) is 6.26. The molecule has 3 aromatic carbocycles. The number of carbonyl (C=O) groups excluding carboxylic acids is 2. The molecule has 2 fully saturated rings. The molecule has 0 atom stereocenters. The highest BCUT2D eigenvalue weighted by atomic mass is 16.5. The van der Waals surface area contributed by atoms with E-state index in [1.165, 1.54) is 31.0 Å². The quantitative estimate of drug-likeness (QED) is 0.192. The van der Waals surface area contributed by atoms with Crippen molar-refractivity contribution < 1.29 is 24.2 Å². The molecule has 2 aliphatic rings. The lowest BCUT2D eigenvalue weighted by Gasteiger charge is -2.40. The Morgan fingerprint density at radius 3 is 2.32 bits per heavy atom. The minimum atomic E-state index is -1.03. The summed E-state index contributed by atoms with van der Waals surface area (Å²) in [5.41, 5.74) is 3.61. The van der Waals surface area contributed by atoms with Gasteiger partial charge in [-0.05, 0) is 92.3 Å². The number of aromatic nitrogens is 2. The number of anilines is 1. The summed E-state index contributed by atoms with van der Waals surface area (Å²) in [4.78, 5) is 37.7. The highest BCUT2D eigenvalue weighted by Crippen LogP contribution is 2.38. The molecule has 1 heterocycles. The van der Waals surface area contributed by atoms with Crippen molar-refractivity contribution in [3.05, 3.63) is 89.6 Å². The lowest BCUT2D eigenvalue weighted by atomic mass is 9.75. The predicted molar refractivity (Wildman–Crippen MR) is 169 cm³/mol. The van der Waals surface area contributed by atoms with Crippen LogP contribution in [0.15, 0.2) is 72.8 Å². The van der Waals surface area contributed by atoms with Crippen molar-refractivity contribution in [2.24, 2.45) is 0 Å². The summed E-state index contributed by atoms with van der Waals surface area (Å²) in [6.45, 7) is 0. The maximum absolute atomic E-state index is 13.6. The van der Waals surface area contributed by atoms with Gasteiger partial charge in [0.1, 0.15) is 11.3 Å². The average molecular weight is 593 g/mol. The summed E-state index contributed by atoms with van der Waals surface area (Å²) in [5, 5.41) is 20.8. The Balaban J connectivity index is 1.23. The molecule has 4 aromatic rings. The van der Waals surface area contributed by atoms with Gasteiger partial charge in [0, 0.05) is 28.6 Å². The fourth-order valence-corrected chi connectivity index (χ4v) is 6.26. The van der Waals surface area contributed by atoms with E-state index >= 15 is 0 Å². The first-order valence-corrected chi connectivity index (χ1v) is 15.2. The van der Waals surface area contributed by atoms with E-state index in [4.69, 9.17) is 14.9 Å². The van der Waals surface area contributed by atoms with Crippen LogP contribution in [0.3, 0.4) is 0 Å². The van der Waals surface area contributed by atoms with Gasteiger partial charge in [0.05, 0.1) is 24.0 Å². The molecule has 0 aliphatic heterocycles. The third-order valence-electron chi connectivity index (χ3n) is 8.86. The van der Waals surface area contributed by atoms with Crippen LogP contribution in [0.5, 0.6) is 5.75 Å². The number of fused-ring (bicyclic) bond motifs is 1. The molecular weight excluding hydrogens is 556 g/mol. The van der Waals surface area contributed by atoms with Crippen LogP contribution in [0.25, 0.3) is 22.7 Å². The highest BCUT2D eigenvalue weighted by Gasteiger charge is 2.45. The Morgan fingerprint density at radius 2 is 1.68 bits per heavy atom. The second-order valence-electron chi connectivity index (χ2n) is 11.7. The zero-order chi connectivity index (χ0) is 30.7. The van der Waals surface area contributed by atoms with Crippen molar-refractivity contribution >= 4 is 40.4 Å². The smallest absolute Gasteiger partial charge is 0.328 e. The van der Waals surface area contributed by atoms with Crippen molar-refractivity contribution in [1.29, 1.82) is 0 Å². The van der Waals surface area contributed by atoms with Gasteiger partial charge in [0.2, 0.25) is 5.91 Å². The van der Waals surface area contributed by atoms with E-state index in [2.05, 4.69) is 10.6 Å². The predicted octanol–water partition coefficient (Wildman–Crippen LogP) is 6.47. The number of methoxy groups -OCH3 is 1. The average Bonchev–Trinajstić information content (AvgIpc) is 3.41. The van der Waals surface area contributed by atoms with Crippen LogP contribution < -0.4 is 15.4 Å². The molecule has 0 radical (unpaired) electrons. The maximum Gasteiger partial charge on any atom is 0.328 e. The first-order chi connectivity index (χ1) is 21.3. The van der Waals surface area contributed by atoms with Gasteiger partial charge in [-0.25, -0.2) is 9.48 Å². The standard InChI is InChI=1S/C35H36N4O5/c1-44-28-16-14-27(15-17-28)39-32(24-6-3-2-4-7-24)29-18-11-25(22-30(29)38-39)33(42)37-35(20-5-21-35)34(43)36-26-12-8-23(9-13-26)10-19-31(40)41/h8-19,22,24H,2-7,20-21H2,1H3,(H,36,43)(H,37,42)(H,40,41). The monoisotopic (exact) mass is 592 g/mol. The van der Waals surface area contributed by atoms with E-state index < -0.39 is 11.5 Å². The number of rotatable bonds is 9. The topological polar surface area (TPSA) is 123 Å².